The lowest BCUT2D eigenvalue weighted by Crippen LogP contribution is -2.21. The van der Waals surface area contributed by atoms with Gasteiger partial charge in [0.05, 0.1) is 4.47 Å². The number of benzene rings is 2. The van der Waals surface area contributed by atoms with Gasteiger partial charge in [-0.15, -0.1) is 0 Å². The second kappa shape index (κ2) is 6.91. The molecule has 1 unspecified atom stereocenters. The number of rotatable bonds is 5. The largest absolute Gasteiger partial charge is 0.456 e. The first kappa shape index (κ1) is 15.1. The molecule has 0 aliphatic heterocycles. The monoisotopic (exact) mass is 333 g/mol. The average molecular weight is 334 g/mol. The van der Waals surface area contributed by atoms with E-state index in [2.05, 4.69) is 48.0 Å². The molecule has 2 N–H and O–H groups in total. The second-order valence-electron chi connectivity index (χ2n) is 5.06. The predicted molar refractivity (Wildman–Crippen MR) is 87.4 cm³/mol. The van der Waals surface area contributed by atoms with Crippen LogP contribution < -0.4 is 10.5 Å². The molecule has 0 aliphatic rings. The fourth-order valence-electron chi connectivity index (χ4n) is 2.01. The summed E-state index contributed by atoms with van der Waals surface area (Å²) in [4.78, 5) is 0. The first-order chi connectivity index (χ1) is 9.58. The molecular formula is C17H20BrNO. The molecule has 2 aromatic rings. The highest BCUT2D eigenvalue weighted by Gasteiger charge is 2.07. The average Bonchev–Trinajstić information content (AvgIpc) is 2.42. The lowest BCUT2D eigenvalue weighted by Gasteiger charge is -2.12. The standard InChI is InChI=1S/C17H20BrNO/c1-3-14(19)10-13-7-8-17(16(18)11-13)20-15-6-4-5-12(2)9-15/h4-9,11,14H,3,10,19H2,1-2H3. The van der Waals surface area contributed by atoms with Crippen molar-refractivity contribution in [2.75, 3.05) is 0 Å². The zero-order valence-corrected chi connectivity index (χ0v) is 13.5. The number of aryl methyl sites for hydroxylation is 1. The normalized spacial score (nSPS) is 12.2. The fraction of sp³-hybridized carbons (Fsp3) is 0.294. The Kier molecular flexibility index (Phi) is 5.21. The van der Waals surface area contributed by atoms with E-state index in [9.17, 15) is 0 Å². The van der Waals surface area contributed by atoms with E-state index in [-0.39, 0.29) is 6.04 Å². The minimum absolute atomic E-state index is 0.213. The maximum absolute atomic E-state index is 5.99. The van der Waals surface area contributed by atoms with Gasteiger partial charge in [0.25, 0.3) is 0 Å². The molecule has 3 heteroatoms. The topological polar surface area (TPSA) is 35.2 Å². The number of hydrogen-bond acceptors (Lipinski definition) is 2. The Morgan fingerprint density at radius 2 is 2.00 bits per heavy atom. The Morgan fingerprint density at radius 1 is 1.20 bits per heavy atom. The van der Waals surface area contributed by atoms with Crippen molar-refractivity contribution in [3.63, 3.8) is 0 Å². The lowest BCUT2D eigenvalue weighted by atomic mass is 10.0. The van der Waals surface area contributed by atoms with E-state index >= 15 is 0 Å². The Labute approximate surface area is 129 Å². The van der Waals surface area contributed by atoms with E-state index in [1.807, 2.05) is 24.3 Å². The van der Waals surface area contributed by atoms with Crippen LogP contribution in [0.1, 0.15) is 24.5 Å². The van der Waals surface area contributed by atoms with Crippen LogP contribution in [-0.4, -0.2) is 6.04 Å². The maximum Gasteiger partial charge on any atom is 0.141 e. The van der Waals surface area contributed by atoms with Crippen molar-refractivity contribution >= 4 is 15.9 Å². The molecule has 1 atom stereocenters. The van der Waals surface area contributed by atoms with Gasteiger partial charge in [0.1, 0.15) is 11.5 Å². The van der Waals surface area contributed by atoms with Crippen LogP contribution >= 0.6 is 15.9 Å². The van der Waals surface area contributed by atoms with Crippen molar-refractivity contribution in [1.29, 1.82) is 0 Å². The third kappa shape index (κ3) is 4.09. The Bertz CT molecular complexity index is 583. The van der Waals surface area contributed by atoms with Crippen molar-refractivity contribution in [1.82, 2.24) is 0 Å². The molecule has 2 nitrogen and oxygen atoms in total. The van der Waals surface area contributed by atoms with Crippen LogP contribution in [-0.2, 0) is 6.42 Å². The van der Waals surface area contributed by atoms with E-state index in [1.165, 1.54) is 11.1 Å². The molecule has 2 aromatic carbocycles. The summed E-state index contributed by atoms with van der Waals surface area (Å²) >= 11 is 3.57. The summed E-state index contributed by atoms with van der Waals surface area (Å²) in [6.45, 7) is 4.16. The number of nitrogens with two attached hydrogens (primary N) is 1. The molecule has 0 bridgehead atoms. The molecule has 106 valence electrons. The van der Waals surface area contributed by atoms with Crippen LogP contribution in [0.15, 0.2) is 46.9 Å². The van der Waals surface area contributed by atoms with Crippen LogP contribution in [0, 0.1) is 6.92 Å². The van der Waals surface area contributed by atoms with Crippen LogP contribution in [0.5, 0.6) is 11.5 Å². The molecule has 0 spiro atoms. The third-order valence-electron chi connectivity index (χ3n) is 3.24. The van der Waals surface area contributed by atoms with Gasteiger partial charge in [-0.2, -0.15) is 0 Å². The van der Waals surface area contributed by atoms with Gasteiger partial charge in [-0.05, 0) is 71.1 Å². The van der Waals surface area contributed by atoms with Crippen LogP contribution in [0.25, 0.3) is 0 Å². The van der Waals surface area contributed by atoms with Crippen molar-refractivity contribution in [2.24, 2.45) is 5.73 Å². The Morgan fingerprint density at radius 3 is 2.65 bits per heavy atom. The minimum atomic E-state index is 0.213. The van der Waals surface area contributed by atoms with Crippen molar-refractivity contribution in [2.45, 2.75) is 32.7 Å². The number of hydrogen-bond donors (Lipinski definition) is 1. The molecule has 0 aliphatic carbocycles. The molecular weight excluding hydrogens is 314 g/mol. The van der Waals surface area contributed by atoms with Gasteiger partial charge in [-0.3, -0.25) is 0 Å². The van der Waals surface area contributed by atoms with Crippen LogP contribution in [0.4, 0.5) is 0 Å². The number of ether oxygens (including phenoxy) is 1. The predicted octanol–water partition coefficient (Wildman–Crippen LogP) is 4.83. The van der Waals surface area contributed by atoms with Crippen LogP contribution in [0.2, 0.25) is 0 Å². The first-order valence-electron chi connectivity index (χ1n) is 6.87. The molecule has 0 aromatic heterocycles. The molecule has 20 heavy (non-hydrogen) atoms. The van der Waals surface area contributed by atoms with E-state index in [1.54, 1.807) is 0 Å². The van der Waals surface area contributed by atoms with Gasteiger partial charge in [-0.1, -0.05) is 25.1 Å². The lowest BCUT2D eigenvalue weighted by molar-refractivity contribution is 0.479. The highest BCUT2D eigenvalue weighted by Crippen LogP contribution is 2.31. The van der Waals surface area contributed by atoms with Crippen molar-refractivity contribution < 1.29 is 4.74 Å². The highest BCUT2D eigenvalue weighted by molar-refractivity contribution is 9.10. The Hall–Kier alpha value is -1.32. The molecule has 0 radical (unpaired) electrons. The first-order valence-corrected chi connectivity index (χ1v) is 7.66. The van der Waals surface area contributed by atoms with Gasteiger partial charge in [0.2, 0.25) is 0 Å². The molecule has 0 saturated heterocycles. The SMILES string of the molecule is CCC(N)Cc1ccc(Oc2cccc(C)c2)c(Br)c1. The van der Waals surface area contributed by atoms with Crippen molar-refractivity contribution in [3.8, 4) is 11.5 Å². The quantitative estimate of drug-likeness (QED) is 0.850. The third-order valence-corrected chi connectivity index (χ3v) is 3.86. The fourth-order valence-corrected chi connectivity index (χ4v) is 2.51. The van der Waals surface area contributed by atoms with E-state index in [4.69, 9.17) is 10.5 Å². The zero-order chi connectivity index (χ0) is 14.5. The molecule has 0 fully saturated rings. The number of halogens is 1. The molecule has 0 amide bonds. The van der Waals surface area contributed by atoms with Gasteiger partial charge < -0.3 is 10.5 Å². The van der Waals surface area contributed by atoms with E-state index in [0.29, 0.717) is 0 Å². The van der Waals surface area contributed by atoms with Gasteiger partial charge in [0.15, 0.2) is 0 Å². The van der Waals surface area contributed by atoms with Gasteiger partial charge >= 0.3 is 0 Å². The van der Waals surface area contributed by atoms with Crippen molar-refractivity contribution in [3.05, 3.63) is 58.1 Å². The van der Waals surface area contributed by atoms with Crippen LogP contribution in [0.3, 0.4) is 0 Å². The summed E-state index contributed by atoms with van der Waals surface area (Å²) in [7, 11) is 0. The second-order valence-corrected chi connectivity index (χ2v) is 5.91. The summed E-state index contributed by atoms with van der Waals surface area (Å²) < 4.78 is 6.86. The maximum atomic E-state index is 5.99. The minimum Gasteiger partial charge on any atom is -0.456 e. The Balaban J connectivity index is 2.13. The molecule has 0 heterocycles. The van der Waals surface area contributed by atoms with Gasteiger partial charge in [0, 0.05) is 6.04 Å². The summed E-state index contributed by atoms with van der Waals surface area (Å²) in [6.07, 6.45) is 1.87. The van der Waals surface area contributed by atoms with Gasteiger partial charge in [-0.25, -0.2) is 0 Å². The summed E-state index contributed by atoms with van der Waals surface area (Å²) in [5.74, 6) is 1.67. The molecule has 2 rings (SSSR count). The van der Waals surface area contributed by atoms with E-state index < -0.39 is 0 Å². The molecule has 0 saturated carbocycles. The zero-order valence-electron chi connectivity index (χ0n) is 11.9. The van der Waals surface area contributed by atoms with E-state index in [0.717, 1.165) is 28.8 Å². The summed E-state index contributed by atoms with van der Waals surface area (Å²) in [6, 6.07) is 14.4. The highest BCUT2D eigenvalue weighted by atomic mass is 79.9. The summed E-state index contributed by atoms with van der Waals surface area (Å²) in [5.41, 5.74) is 8.40. The smallest absolute Gasteiger partial charge is 0.141 e. The summed E-state index contributed by atoms with van der Waals surface area (Å²) in [5, 5.41) is 0.